The molecule has 0 heterocycles. The zero-order chi connectivity index (χ0) is 16.1. The van der Waals surface area contributed by atoms with E-state index in [4.69, 9.17) is 9.47 Å². The molecule has 0 atom stereocenters. The number of allylic oxidation sites excluding steroid dienone is 2. The van der Waals surface area contributed by atoms with Crippen LogP contribution in [0.15, 0.2) is 29.9 Å². The highest BCUT2D eigenvalue weighted by molar-refractivity contribution is 5.88. The fraction of sp³-hybridized carbons (Fsp3) is 0.389. The fourth-order valence-electron chi connectivity index (χ4n) is 2.49. The molecule has 118 valence electrons. The summed E-state index contributed by atoms with van der Waals surface area (Å²) in [5, 5.41) is 2.85. The molecule has 0 bridgehead atoms. The van der Waals surface area contributed by atoms with Crippen LogP contribution in [0.2, 0.25) is 0 Å². The second-order valence-corrected chi connectivity index (χ2v) is 5.62. The van der Waals surface area contributed by atoms with Gasteiger partial charge in [0.1, 0.15) is 0 Å². The van der Waals surface area contributed by atoms with Gasteiger partial charge in [-0.2, -0.15) is 0 Å². The van der Waals surface area contributed by atoms with E-state index in [1.165, 1.54) is 5.56 Å². The quantitative estimate of drug-likeness (QED) is 0.850. The molecule has 1 N–H and O–H groups in total. The van der Waals surface area contributed by atoms with Crippen LogP contribution in [-0.2, 0) is 11.2 Å². The number of ether oxygens (including phenoxy) is 2. The van der Waals surface area contributed by atoms with E-state index >= 15 is 0 Å². The number of carbonyl (C=O) groups excluding carboxylic acids is 1. The first-order valence-electron chi connectivity index (χ1n) is 7.47. The van der Waals surface area contributed by atoms with Gasteiger partial charge in [-0.05, 0) is 55.5 Å². The Balaban J connectivity index is 2.20. The predicted molar refractivity (Wildman–Crippen MR) is 88.3 cm³/mol. The van der Waals surface area contributed by atoms with E-state index in [1.54, 1.807) is 20.3 Å². The van der Waals surface area contributed by atoms with Crippen LogP contribution in [0.4, 0.5) is 0 Å². The van der Waals surface area contributed by atoms with Gasteiger partial charge in [0, 0.05) is 12.1 Å². The SMILES string of the molecule is COc1cc2c(cc1OC)CCC(/C=C/C(=O)NC(C)C)=C2. The Bertz CT molecular complexity index is 615. The second kappa shape index (κ2) is 7.16. The van der Waals surface area contributed by atoms with Crippen molar-refractivity contribution in [2.45, 2.75) is 32.7 Å². The molecule has 0 aliphatic heterocycles. The van der Waals surface area contributed by atoms with Crippen LogP contribution in [0.25, 0.3) is 6.08 Å². The summed E-state index contributed by atoms with van der Waals surface area (Å²) in [6, 6.07) is 4.15. The van der Waals surface area contributed by atoms with Gasteiger partial charge in [0.05, 0.1) is 14.2 Å². The molecule has 1 amide bonds. The molecule has 0 radical (unpaired) electrons. The zero-order valence-electron chi connectivity index (χ0n) is 13.6. The molecule has 1 aromatic rings. The van der Waals surface area contributed by atoms with Gasteiger partial charge in [0.25, 0.3) is 0 Å². The Labute approximate surface area is 131 Å². The average Bonchev–Trinajstić information content (AvgIpc) is 2.50. The lowest BCUT2D eigenvalue weighted by Gasteiger charge is -2.17. The first-order valence-corrected chi connectivity index (χ1v) is 7.47. The van der Waals surface area contributed by atoms with Crippen molar-refractivity contribution in [1.29, 1.82) is 0 Å². The van der Waals surface area contributed by atoms with Gasteiger partial charge < -0.3 is 14.8 Å². The van der Waals surface area contributed by atoms with Crippen LogP contribution < -0.4 is 14.8 Å². The number of rotatable bonds is 5. The standard InChI is InChI=1S/C18H23NO3/c1-12(2)19-18(20)8-6-13-5-7-14-10-16(21-3)17(22-4)11-15(14)9-13/h6,8-12H,5,7H2,1-4H3,(H,19,20)/b8-6+. The Morgan fingerprint density at radius 2 is 1.86 bits per heavy atom. The van der Waals surface area contributed by atoms with Crippen molar-refractivity contribution in [2.75, 3.05) is 14.2 Å². The lowest BCUT2D eigenvalue weighted by molar-refractivity contribution is -0.116. The van der Waals surface area contributed by atoms with Crippen molar-refractivity contribution in [2.24, 2.45) is 0 Å². The molecule has 0 unspecified atom stereocenters. The topological polar surface area (TPSA) is 47.6 Å². The van der Waals surface area contributed by atoms with E-state index < -0.39 is 0 Å². The van der Waals surface area contributed by atoms with Crippen LogP contribution in [0.3, 0.4) is 0 Å². The minimum atomic E-state index is -0.0611. The zero-order valence-corrected chi connectivity index (χ0v) is 13.6. The van der Waals surface area contributed by atoms with E-state index in [0.717, 1.165) is 35.5 Å². The molecule has 22 heavy (non-hydrogen) atoms. The summed E-state index contributed by atoms with van der Waals surface area (Å²) in [5.41, 5.74) is 3.49. The first kappa shape index (κ1) is 16.1. The maximum atomic E-state index is 11.7. The highest BCUT2D eigenvalue weighted by Gasteiger charge is 2.14. The summed E-state index contributed by atoms with van der Waals surface area (Å²) in [6.07, 6.45) is 7.42. The summed E-state index contributed by atoms with van der Waals surface area (Å²) in [7, 11) is 3.28. The van der Waals surface area contributed by atoms with E-state index in [-0.39, 0.29) is 11.9 Å². The molecule has 1 aliphatic carbocycles. The number of aryl methyl sites for hydroxylation is 1. The van der Waals surface area contributed by atoms with Gasteiger partial charge in [-0.25, -0.2) is 0 Å². The second-order valence-electron chi connectivity index (χ2n) is 5.62. The van der Waals surface area contributed by atoms with Crippen LogP contribution in [0.1, 0.15) is 31.4 Å². The van der Waals surface area contributed by atoms with Crippen molar-refractivity contribution in [3.05, 3.63) is 41.0 Å². The third kappa shape index (κ3) is 3.91. The number of benzene rings is 1. The van der Waals surface area contributed by atoms with E-state index in [9.17, 15) is 4.79 Å². The number of hydrogen-bond acceptors (Lipinski definition) is 3. The summed E-state index contributed by atoms with van der Waals surface area (Å²) in [5.74, 6) is 1.42. The number of fused-ring (bicyclic) bond motifs is 1. The third-order valence-electron chi connectivity index (χ3n) is 3.55. The molecule has 0 aromatic heterocycles. The van der Waals surface area contributed by atoms with E-state index in [0.29, 0.717) is 0 Å². The van der Waals surface area contributed by atoms with Gasteiger partial charge in [-0.15, -0.1) is 0 Å². The Morgan fingerprint density at radius 3 is 2.50 bits per heavy atom. The van der Waals surface area contributed by atoms with Crippen LogP contribution in [0, 0.1) is 0 Å². The highest BCUT2D eigenvalue weighted by atomic mass is 16.5. The van der Waals surface area contributed by atoms with E-state index in [1.807, 2.05) is 32.1 Å². The molecule has 0 spiro atoms. The monoisotopic (exact) mass is 301 g/mol. The predicted octanol–water partition coefficient (Wildman–Crippen LogP) is 3.11. The highest BCUT2D eigenvalue weighted by Crippen LogP contribution is 2.35. The number of carbonyl (C=O) groups is 1. The van der Waals surface area contributed by atoms with E-state index in [2.05, 4.69) is 11.4 Å². The van der Waals surface area contributed by atoms with Gasteiger partial charge >= 0.3 is 0 Å². The van der Waals surface area contributed by atoms with Crippen molar-refractivity contribution >= 4 is 12.0 Å². The van der Waals surface area contributed by atoms with Crippen molar-refractivity contribution in [3.8, 4) is 11.5 Å². The van der Waals surface area contributed by atoms with Gasteiger partial charge in [0.2, 0.25) is 5.91 Å². The Morgan fingerprint density at radius 1 is 1.18 bits per heavy atom. The molecule has 1 aromatic carbocycles. The van der Waals surface area contributed by atoms with Gasteiger partial charge in [-0.1, -0.05) is 12.2 Å². The fourth-order valence-corrected chi connectivity index (χ4v) is 2.49. The number of nitrogens with one attached hydrogen (secondary N) is 1. The average molecular weight is 301 g/mol. The minimum Gasteiger partial charge on any atom is -0.493 e. The Kier molecular flexibility index (Phi) is 5.26. The summed E-state index contributed by atoms with van der Waals surface area (Å²) < 4.78 is 10.7. The maximum absolute atomic E-state index is 11.7. The lowest BCUT2D eigenvalue weighted by atomic mass is 9.91. The molecule has 4 heteroatoms. The van der Waals surface area contributed by atoms with Crippen molar-refractivity contribution in [1.82, 2.24) is 5.32 Å². The molecule has 1 aliphatic rings. The number of hydrogen-bond donors (Lipinski definition) is 1. The molecular weight excluding hydrogens is 278 g/mol. The molecule has 2 rings (SSSR count). The Hall–Kier alpha value is -2.23. The first-order chi connectivity index (χ1) is 10.5. The van der Waals surface area contributed by atoms with Crippen LogP contribution in [0.5, 0.6) is 11.5 Å². The third-order valence-corrected chi connectivity index (χ3v) is 3.55. The smallest absolute Gasteiger partial charge is 0.244 e. The molecule has 4 nitrogen and oxygen atoms in total. The summed E-state index contributed by atoms with van der Waals surface area (Å²) in [6.45, 7) is 3.89. The molecule has 0 fully saturated rings. The number of methoxy groups -OCH3 is 2. The number of amides is 1. The summed E-state index contributed by atoms with van der Waals surface area (Å²) >= 11 is 0. The van der Waals surface area contributed by atoms with Gasteiger partial charge in [-0.3, -0.25) is 4.79 Å². The maximum Gasteiger partial charge on any atom is 0.244 e. The largest absolute Gasteiger partial charge is 0.493 e. The molecule has 0 saturated carbocycles. The minimum absolute atomic E-state index is 0.0611. The summed E-state index contributed by atoms with van der Waals surface area (Å²) in [4.78, 5) is 11.7. The lowest BCUT2D eigenvalue weighted by Crippen LogP contribution is -2.28. The van der Waals surface area contributed by atoms with Crippen molar-refractivity contribution < 1.29 is 14.3 Å². The van der Waals surface area contributed by atoms with Gasteiger partial charge in [0.15, 0.2) is 11.5 Å². The van der Waals surface area contributed by atoms with Crippen LogP contribution >= 0.6 is 0 Å². The molecule has 0 saturated heterocycles. The normalized spacial score (nSPS) is 13.8. The van der Waals surface area contributed by atoms with Crippen LogP contribution in [-0.4, -0.2) is 26.2 Å². The molecular formula is C18H23NO3. The van der Waals surface area contributed by atoms with Crippen molar-refractivity contribution in [3.63, 3.8) is 0 Å².